The monoisotopic (exact) mass is 260 g/mol. The summed E-state index contributed by atoms with van der Waals surface area (Å²) in [6.45, 7) is 5.95. The van der Waals surface area contributed by atoms with Gasteiger partial charge in [0.15, 0.2) is 0 Å². The van der Waals surface area contributed by atoms with Crippen molar-refractivity contribution in [2.24, 2.45) is 11.7 Å². The summed E-state index contributed by atoms with van der Waals surface area (Å²) in [5, 5.41) is 2.75. The summed E-state index contributed by atoms with van der Waals surface area (Å²) in [4.78, 5) is 11.5. The highest BCUT2D eigenvalue weighted by molar-refractivity contribution is 7.86. The van der Waals surface area contributed by atoms with Gasteiger partial charge >= 0.3 is 0 Å². The van der Waals surface area contributed by atoms with E-state index >= 15 is 0 Å². The molecule has 0 aromatic rings. The molecule has 0 heterocycles. The molecule has 4 unspecified atom stereocenters. The number of hydrogen-bond donors (Lipinski definition) is 2. The molecule has 4 atom stereocenters. The van der Waals surface area contributed by atoms with Gasteiger partial charge in [0.05, 0.1) is 5.25 Å². The van der Waals surface area contributed by atoms with Crippen LogP contribution < -0.4 is 11.1 Å². The van der Waals surface area contributed by atoms with Crippen molar-refractivity contribution in [1.82, 2.24) is 5.32 Å². The summed E-state index contributed by atoms with van der Waals surface area (Å²) in [5.74, 6) is 0.518. The molecule has 4 nitrogen and oxygen atoms in total. The molecule has 5 heteroatoms. The van der Waals surface area contributed by atoms with Gasteiger partial charge in [0, 0.05) is 22.9 Å². The first-order valence-corrected chi connectivity index (χ1v) is 7.70. The number of nitrogens with one attached hydrogen (secondary N) is 1. The minimum Gasteiger partial charge on any atom is -0.353 e. The highest BCUT2D eigenvalue weighted by atomic mass is 32.2. The van der Waals surface area contributed by atoms with Crippen molar-refractivity contribution in [3.05, 3.63) is 0 Å². The van der Waals surface area contributed by atoms with Gasteiger partial charge in [-0.3, -0.25) is 9.00 Å². The molecule has 0 radical (unpaired) electrons. The fraction of sp³-hybridized carbons (Fsp3) is 0.917. The maximum Gasteiger partial charge on any atom is 0.232 e. The molecule has 0 saturated heterocycles. The van der Waals surface area contributed by atoms with E-state index in [0.717, 1.165) is 19.3 Å². The Morgan fingerprint density at radius 3 is 2.71 bits per heavy atom. The van der Waals surface area contributed by atoms with E-state index in [1.54, 1.807) is 0 Å². The van der Waals surface area contributed by atoms with Crippen LogP contribution in [0, 0.1) is 5.92 Å². The molecule has 0 aromatic carbocycles. The number of rotatable bonds is 4. The lowest BCUT2D eigenvalue weighted by Gasteiger charge is -2.31. The van der Waals surface area contributed by atoms with E-state index < -0.39 is 10.8 Å². The molecule has 100 valence electrons. The summed E-state index contributed by atoms with van der Waals surface area (Å²) >= 11 is 0. The second-order valence-corrected chi connectivity index (χ2v) is 7.02. The maximum atomic E-state index is 12.1. The van der Waals surface area contributed by atoms with Crippen molar-refractivity contribution in [1.29, 1.82) is 0 Å². The molecule has 0 aromatic heterocycles. The zero-order chi connectivity index (χ0) is 13.0. The molecule has 0 bridgehead atoms. The van der Waals surface area contributed by atoms with Crippen LogP contribution in [-0.2, 0) is 15.6 Å². The topological polar surface area (TPSA) is 72.2 Å². The van der Waals surface area contributed by atoms with Crippen molar-refractivity contribution >= 4 is 16.7 Å². The first kappa shape index (κ1) is 14.6. The Kier molecular flexibility index (Phi) is 5.59. The third-order valence-electron chi connectivity index (χ3n) is 3.17. The average molecular weight is 260 g/mol. The van der Waals surface area contributed by atoms with Gasteiger partial charge in [0.2, 0.25) is 5.91 Å². The molecule has 1 aliphatic rings. The quantitative estimate of drug-likeness (QED) is 0.784. The van der Waals surface area contributed by atoms with Crippen LogP contribution in [0.15, 0.2) is 0 Å². The zero-order valence-corrected chi connectivity index (χ0v) is 11.8. The van der Waals surface area contributed by atoms with Gasteiger partial charge < -0.3 is 11.1 Å². The normalized spacial score (nSPS) is 31.2. The molecule has 0 spiro atoms. The number of carbonyl (C=O) groups is 1. The number of amides is 1. The zero-order valence-electron chi connectivity index (χ0n) is 10.9. The van der Waals surface area contributed by atoms with Gasteiger partial charge in [-0.2, -0.15) is 0 Å². The van der Waals surface area contributed by atoms with Crippen LogP contribution in [0.2, 0.25) is 0 Å². The molecule has 1 aliphatic carbocycles. The summed E-state index contributed by atoms with van der Waals surface area (Å²) in [5.41, 5.74) is 5.99. The van der Waals surface area contributed by atoms with E-state index in [9.17, 15) is 9.00 Å². The lowest BCUT2D eigenvalue weighted by atomic mass is 9.87. The van der Waals surface area contributed by atoms with Crippen LogP contribution in [0.3, 0.4) is 0 Å². The fourth-order valence-electron chi connectivity index (χ4n) is 2.25. The highest BCUT2D eigenvalue weighted by Crippen LogP contribution is 2.26. The van der Waals surface area contributed by atoms with Crippen LogP contribution in [0.4, 0.5) is 0 Å². The standard InChI is InChI=1S/C12H24N2O2S/c1-8(2)14-12(15)7-17(16)11-6-9(3)4-5-10(11)13/h8-11H,4-7,13H2,1-3H3,(H,14,15). The number of carbonyl (C=O) groups excluding carboxylic acids is 1. The van der Waals surface area contributed by atoms with E-state index in [-0.39, 0.29) is 29.0 Å². The maximum absolute atomic E-state index is 12.1. The predicted molar refractivity (Wildman–Crippen MR) is 71.1 cm³/mol. The van der Waals surface area contributed by atoms with Crippen molar-refractivity contribution in [3.8, 4) is 0 Å². The van der Waals surface area contributed by atoms with Gasteiger partial charge in [-0.1, -0.05) is 6.92 Å². The molecule has 3 N–H and O–H groups in total. The van der Waals surface area contributed by atoms with E-state index in [0.29, 0.717) is 5.92 Å². The second-order valence-electron chi connectivity index (χ2n) is 5.37. The minimum absolute atomic E-state index is 0.0149. The van der Waals surface area contributed by atoms with Crippen molar-refractivity contribution in [3.63, 3.8) is 0 Å². The van der Waals surface area contributed by atoms with Crippen molar-refractivity contribution in [2.45, 2.75) is 57.4 Å². The molecule has 1 rings (SSSR count). The number of hydrogen-bond acceptors (Lipinski definition) is 3. The molecule has 0 aliphatic heterocycles. The van der Waals surface area contributed by atoms with E-state index in [1.165, 1.54) is 0 Å². The second kappa shape index (κ2) is 6.50. The lowest BCUT2D eigenvalue weighted by Crippen LogP contribution is -2.45. The number of nitrogens with two attached hydrogens (primary N) is 1. The van der Waals surface area contributed by atoms with Gasteiger partial charge in [-0.15, -0.1) is 0 Å². The van der Waals surface area contributed by atoms with Crippen LogP contribution >= 0.6 is 0 Å². The Morgan fingerprint density at radius 1 is 1.47 bits per heavy atom. The summed E-state index contributed by atoms with van der Waals surface area (Å²) in [7, 11) is -1.14. The average Bonchev–Trinajstić information content (AvgIpc) is 2.20. The van der Waals surface area contributed by atoms with Crippen LogP contribution in [0.25, 0.3) is 0 Å². The van der Waals surface area contributed by atoms with Gasteiger partial charge in [-0.05, 0) is 39.0 Å². The Morgan fingerprint density at radius 2 is 2.12 bits per heavy atom. The van der Waals surface area contributed by atoms with Crippen molar-refractivity contribution in [2.75, 3.05) is 5.75 Å². The molecular formula is C12H24N2O2S. The Bertz CT molecular complexity index is 294. The minimum atomic E-state index is -1.14. The Balaban J connectivity index is 2.48. The molecule has 1 fully saturated rings. The fourth-order valence-corrected chi connectivity index (χ4v) is 3.88. The largest absolute Gasteiger partial charge is 0.353 e. The van der Waals surface area contributed by atoms with Crippen LogP contribution in [0.5, 0.6) is 0 Å². The van der Waals surface area contributed by atoms with Gasteiger partial charge in [-0.25, -0.2) is 0 Å². The first-order chi connectivity index (χ1) is 7.90. The predicted octanol–water partition coefficient (Wildman–Crippen LogP) is 0.776. The van der Waals surface area contributed by atoms with Crippen LogP contribution in [-0.4, -0.2) is 33.2 Å². The van der Waals surface area contributed by atoms with Crippen molar-refractivity contribution < 1.29 is 9.00 Å². The van der Waals surface area contributed by atoms with E-state index in [4.69, 9.17) is 5.73 Å². The summed E-state index contributed by atoms with van der Waals surface area (Å²) in [6, 6.07) is 0.0809. The Hall–Kier alpha value is -0.420. The molecular weight excluding hydrogens is 236 g/mol. The SMILES string of the molecule is CC1CCC(N)C(S(=O)CC(=O)NC(C)C)C1. The Labute approximate surface area is 106 Å². The van der Waals surface area contributed by atoms with E-state index in [1.807, 2.05) is 13.8 Å². The van der Waals surface area contributed by atoms with E-state index in [2.05, 4.69) is 12.2 Å². The third kappa shape index (κ3) is 4.76. The molecule has 17 heavy (non-hydrogen) atoms. The third-order valence-corrected chi connectivity index (χ3v) is 4.93. The van der Waals surface area contributed by atoms with Gasteiger partial charge in [0.25, 0.3) is 0 Å². The molecule has 1 saturated carbocycles. The lowest BCUT2D eigenvalue weighted by molar-refractivity contribution is -0.119. The smallest absolute Gasteiger partial charge is 0.232 e. The first-order valence-electron chi connectivity index (χ1n) is 6.32. The molecule has 1 amide bonds. The highest BCUT2D eigenvalue weighted by Gasteiger charge is 2.31. The summed E-state index contributed by atoms with van der Waals surface area (Å²) in [6.07, 6.45) is 2.90. The summed E-state index contributed by atoms with van der Waals surface area (Å²) < 4.78 is 12.1. The van der Waals surface area contributed by atoms with Gasteiger partial charge in [0.1, 0.15) is 5.75 Å². The van der Waals surface area contributed by atoms with Crippen LogP contribution in [0.1, 0.15) is 40.0 Å².